The maximum Gasteiger partial charge on any atom is 0.272 e. The number of benzene rings is 1. The monoisotopic (exact) mass is 273 g/mol. The minimum Gasteiger partial charge on any atom is -0.346 e. The number of carbonyl (C=O) groups is 1. The van der Waals surface area contributed by atoms with E-state index >= 15 is 0 Å². The Balaban J connectivity index is 1.88. The van der Waals surface area contributed by atoms with Crippen LogP contribution in [0.1, 0.15) is 34.1 Å². The topological polar surface area (TPSA) is 60.0 Å². The van der Waals surface area contributed by atoms with Crippen LogP contribution in [-0.4, -0.2) is 10.5 Å². The number of fused-ring (bicyclic) bond motifs is 1. The lowest BCUT2D eigenvalue weighted by atomic mass is 10.1. The van der Waals surface area contributed by atoms with Crippen molar-refractivity contribution in [3.8, 4) is 0 Å². The molecular weight excluding hydrogens is 257 g/mol. The third kappa shape index (κ3) is 2.10. The van der Waals surface area contributed by atoms with Crippen LogP contribution in [0.5, 0.6) is 0 Å². The van der Waals surface area contributed by atoms with Crippen LogP contribution in [0.4, 0.5) is 10.1 Å². The first-order valence-electron chi connectivity index (χ1n) is 6.57. The lowest BCUT2D eigenvalue weighted by Gasteiger charge is -2.08. The molecule has 0 aliphatic heterocycles. The molecular formula is C15H16FN3O. The Bertz CT molecular complexity index is 661. The highest BCUT2D eigenvalue weighted by atomic mass is 19.1. The zero-order chi connectivity index (χ0) is 14.3. The molecule has 0 unspecified atom stereocenters. The molecule has 1 aliphatic carbocycles. The van der Waals surface area contributed by atoms with Gasteiger partial charge in [0.2, 0.25) is 0 Å². The number of anilines is 1. The summed E-state index contributed by atoms with van der Waals surface area (Å²) in [4.78, 5) is 12.4. The van der Waals surface area contributed by atoms with Crippen molar-refractivity contribution in [1.29, 1.82) is 0 Å². The van der Waals surface area contributed by atoms with Crippen LogP contribution in [0.25, 0.3) is 0 Å². The molecule has 1 heterocycles. The van der Waals surface area contributed by atoms with Gasteiger partial charge in [-0.05, 0) is 48.2 Å². The van der Waals surface area contributed by atoms with Gasteiger partial charge in [-0.3, -0.25) is 4.79 Å². The number of hydrogen-bond acceptors (Lipinski definition) is 2. The Morgan fingerprint density at radius 2 is 2.10 bits per heavy atom. The number of amides is 1. The first kappa shape index (κ1) is 12.9. The largest absolute Gasteiger partial charge is 0.346 e. The average Bonchev–Trinajstić information content (AvgIpc) is 2.92. The van der Waals surface area contributed by atoms with E-state index in [2.05, 4.69) is 5.32 Å². The van der Waals surface area contributed by atoms with E-state index in [4.69, 9.17) is 5.73 Å². The molecule has 1 aromatic heterocycles. The fraction of sp³-hybridized carbons (Fsp3) is 0.267. The van der Waals surface area contributed by atoms with Gasteiger partial charge in [0, 0.05) is 25.0 Å². The summed E-state index contributed by atoms with van der Waals surface area (Å²) in [6, 6.07) is 5.75. The minimum absolute atomic E-state index is 0.0172. The standard InChI is InChI=1S/C15H16FN3O/c1-19-8-12-11(6-7-13(12)17)14(19)15(20)18-10-4-2-9(16)3-5-10/h2-5,8,13H,6-7,17H2,1H3,(H,18,20)/t13-/m0/s1. The van der Waals surface area contributed by atoms with Crippen molar-refractivity contribution in [2.75, 3.05) is 5.32 Å². The number of hydrogen-bond donors (Lipinski definition) is 2. The summed E-state index contributed by atoms with van der Waals surface area (Å²) in [6.07, 6.45) is 3.62. The van der Waals surface area contributed by atoms with Crippen molar-refractivity contribution in [1.82, 2.24) is 4.57 Å². The molecule has 2 aromatic rings. The van der Waals surface area contributed by atoms with Gasteiger partial charge in [-0.2, -0.15) is 0 Å². The predicted molar refractivity (Wildman–Crippen MR) is 75.0 cm³/mol. The fourth-order valence-corrected chi connectivity index (χ4v) is 2.76. The molecule has 3 rings (SSSR count). The summed E-state index contributed by atoms with van der Waals surface area (Å²) in [6.45, 7) is 0. The molecule has 1 aliphatic rings. The van der Waals surface area contributed by atoms with Crippen molar-refractivity contribution in [2.45, 2.75) is 18.9 Å². The van der Waals surface area contributed by atoms with Gasteiger partial charge < -0.3 is 15.6 Å². The SMILES string of the molecule is Cn1cc2c(c1C(=O)Nc1ccc(F)cc1)CC[C@@H]2N. The second kappa shape index (κ2) is 4.76. The van der Waals surface area contributed by atoms with Gasteiger partial charge in [0.25, 0.3) is 5.91 Å². The summed E-state index contributed by atoms with van der Waals surface area (Å²) in [5.41, 5.74) is 9.31. The summed E-state index contributed by atoms with van der Waals surface area (Å²) >= 11 is 0. The van der Waals surface area contributed by atoms with Gasteiger partial charge in [0.1, 0.15) is 11.5 Å². The van der Waals surface area contributed by atoms with Crippen LogP contribution < -0.4 is 11.1 Å². The number of nitrogens with one attached hydrogen (secondary N) is 1. The first-order valence-corrected chi connectivity index (χ1v) is 6.57. The van der Waals surface area contributed by atoms with E-state index in [-0.39, 0.29) is 17.8 Å². The van der Waals surface area contributed by atoms with Gasteiger partial charge in [-0.25, -0.2) is 4.39 Å². The Kier molecular flexibility index (Phi) is 3.06. The Labute approximate surface area is 116 Å². The van der Waals surface area contributed by atoms with Crippen molar-refractivity contribution >= 4 is 11.6 Å². The molecule has 1 atom stereocenters. The Hall–Kier alpha value is -2.14. The highest BCUT2D eigenvalue weighted by molar-refractivity contribution is 6.04. The number of aromatic nitrogens is 1. The molecule has 0 radical (unpaired) electrons. The van der Waals surface area contributed by atoms with Gasteiger partial charge in [0.05, 0.1) is 0 Å². The molecule has 4 nitrogen and oxygen atoms in total. The molecule has 0 spiro atoms. The van der Waals surface area contributed by atoms with Crippen LogP contribution in [-0.2, 0) is 13.5 Å². The maximum absolute atomic E-state index is 12.9. The van der Waals surface area contributed by atoms with Gasteiger partial charge >= 0.3 is 0 Å². The highest BCUT2D eigenvalue weighted by Crippen LogP contribution is 2.33. The minimum atomic E-state index is -0.325. The van der Waals surface area contributed by atoms with E-state index in [1.807, 2.05) is 17.8 Å². The quantitative estimate of drug-likeness (QED) is 0.882. The first-order chi connectivity index (χ1) is 9.56. The molecule has 0 bridgehead atoms. The molecule has 0 saturated carbocycles. The van der Waals surface area contributed by atoms with E-state index in [9.17, 15) is 9.18 Å². The number of rotatable bonds is 2. The van der Waals surface area contributed by atoms with Gasteiger partial charge in [0.15, 0.2) is 0 Å². The van der Waals surface area contributed by atoms with E-state index in [0.717, 1.165) is 24.0 Å². The molecule has 1 aromatic carbocycles. The van der Waals surface area contributed by atoms with Gasteiger partial charge in [-0.15, -0.1) is 0 Å². The Morgan fingerprint density at radius 3 is 2.80 bits per heavy atom. The lowest BCUT2D eigenvalue weighted by Crippen LogP contribution is -2.17. The van der Waals surface area contributed by atoms with Crippen molar-refractivity contribution in [2.24, 2.45) is 12.8 Å². The third-order valence-corrected chi connectivity index (χ3v) is 3.74. The predicted octanol–water partition coefficient (Wildman–Crippen LogP) is 2.36. The third-order valence-electron chi connectivity index (χ3n) is 3.74. The lowest BCUT2D eigenvalue weighted by molar-refractivity contribution is 0.101. The van der Waals surface area contributed by atoms with Crippen LogP contribution in [0.3, 0.4) is 0 Å². The zero-order valence-corrected chi connectivity index (χ0v) is 11.2. The number of nitrogens with two attached hydrogens (primary N) is 1. The number of halogens is 1. The van der Waals surface area contributed by atoms with Gasteiger partial charge in [-0.1, -0.05) is 0 Å². The average molecular weight is 273 g/mol. The molecule has 3 N–H and O–H groups in total. The fourth-order valence-electron chi connectivity index (χ4n) is 2.76. The zero-order valence-electron chi connectivity index (χ0n) is 11.2. The van der Waals surface area contributed by atoms with E-state index < -0.39 is 0 Å². The molecule has 20 heavy (non-hydrogen) atoms. The normalized spacial score (nSPS) is 17.1. The number of nitrogens with zero attached hydrogens (tertiary/aromatic N) is 1. The number of aryl methyl sites for hydroxylation is 1. The van der Waals surface area contributed by atoms with Crippen molar-refractivity contribution in [3.63, 3.8) is 0 Å². The van der Waals surface area contributed by atoms with Crippen LogP contribution in [0, 0.1) is 5.82 Å². The summed E-state index contributed by atoms with van der Waals surface area (Å²) in [5.74, 6) is -0.511. The summed E-state index contributed by atoms with van der Waals surface area (Å²) < 4.78 is 14.7. The van der Waals surface area contributed by atoms with Crippen molar-refractivity contribution in [3.05, 3.63) is 53.1 Å². The van der Waals surface area contributed by atoms with Crippen LogP contribution in [0.15, 0.2) is 30.5 Å². The smallest absolute Gasteiger partial charge is 0.272 e. The molecule has 1 amide bonds. The number of carbonyl (C=O) groups excluding carboxylic acids is 1. The molecule has 0 saturated heterocycles. The summed E-state index contributed by atoms with van der Waals surface area (Å²) in [5, 5.41) is 2.79. The molecule has 5 heteroatoms. The summed E-state index contributed by atoms with van der Waals surface area (Å²) in [7, 11) is 1.84. The van der Waals surface area contributed by atoms with E-state index in [1.165, 1.54) is 12.1 Å². The molecule has 104 valence electrons. The second-order valence-corrected chi connectivity index (χ2v) is 5.13. The van der Waals surface area contributed by atoms with Crippen LogP contribution in [0.2, 0.25) is 0 Å². The maximum atomic E-state index is 12.9. The highest BCUT2D eigenvalue weighted by Gasteiger charge is 2.28. The van der Waals surface area contributed by atoms with E-state index in [1.54, 1.807) is 12.1 Å². The van der Waals surface area contributed by atoms with Crippen LogP contribution >= 0.6 is 0 Å². The molecule has 0 fully saturated rings. The van der Waals surface area contributed by atoms with Crippen molar-refractivity contribution < 1.29 is 9.18 Å². The Morgan fingerprint density at radius 1 is 1.40 bits per heavy atom. The van der Waals surface area contributed by atoms with E-state index in [0.29, 0.717) is 11.4 Å². The second-order valence-electron chi connectivity index (χ2n) is 5.13.